The number of nitrogen functional groups attached to an aromatic ring is 1. The van der Waals surface area contributed by atoms with E-state index in [2.05, 4.69) is 20.5 Å². The monoisotopic (exact) mass is 204 g/mol. The van der Waals surface area contributed by atoms with Crippen LogP contribution in [0.3, 0.4) is 0 Å². The molecule has 78 valence electrons. The summed E-state index contributed by atoms with van der Waals surface area (Å²) in [5.41, 5.74) is 3.37. The van der Waals surface area contributed by atoms with Crippen molar-refractivity contribution in [1.29, 1.82) is 0 Å². The molecule has 0 bridgehead atoms. The van der Waals surface area contributed by atoms with E-state index in [1.54, 1.807) is 18.5 Å². The van der Waals surface area contributed by atoms with Gasteiger partial charge in [0.05, 0.1) is 0 Å². The second kappa shape index (κ2) is 4.05. The Hall–Kier alpha value is -1.95. The standard InChI is InChI=1S/C9H12N6/c1-2-15-7(3-6-12-15)9-11-5-4-8(13-9)14-10/h3-6H,2,10H2,1H3,(H,11,13,14). The highest BCUT2D eigenvalue weighted by Crippen LogP contribution is 2.14. The van der Waals surface area contributed by atoms with Crippen molar-refractivity contribution in [2.45, 2.75) is 13.5 Å². The number of hydrazine groups is 1. The van der Waals surface area contributed by atoms with Crippen molar-refractivity contribution < 1.29 is 0 Å². The van der Waals surface area contributed by atoms with E-state index in [1.807, 2.05) is 17.7 Å². The van der Waals surface area contributed by atoms with Gasteiger partial charge in [-0.25, -0.2) is 15.8 Å². The van der Waals surface area contributed by atoms with E-state index in [0.29, 0.717) is 11.6 Å². The average Bonchev–Trinajstić information content (AvgIpc) is 2.77. The molecular formula is C9H12N6. The van der Waals surface area contributed by atoms with Crippen LogP contribution in [0, 0.1) is 0 Å². The van der Waals surface area contributed by atoms with Gasteiger partial charge in [0.2, 0.25) is 0 Å². The summed E-state index contributed by atoms with van der Waals surface area (Å²) in [6, 6.07) is 3.58. The summed E-state index contributed by atoms with van der Waals surface area (Å²) >= 11 is 0. The van der Waals surface area contributed by atoms with E-state index in [-0.39, 0.29) is 0 Å². The van der Waals surface area contributed by atoms with Crippen molar-refractivity contribution in [3.05, 3.63) is 24.5 Å². The van der Waals surface area contributed by atoms with Crippen molar-refractivity contribution >= 4 is 5.82 Å². The molecule has 0 aliphatic heterocycles. The van der Waals surface area contributed by atoms with Gasteiger partial charge >= 0.3 is 0 Å². The third-order valence-corrected chi connectivity index (χ3v) is 2.05. The Bertz CT molecular complexity index is 449. The molecular weight excluding hydrogens is 192 g/mol. The maximum Gasteiger partial charge on any atom is 0.179 e. The molecule has 2 aromatic rings. The topological polar surface area (TPSA) is 81.7 Å². The Morgan fingerprint density at radius 2 is 2.27 bits per heavy atom. The molecule has 2 heterocycles. The molecule has 0 amide bonds. The van der Waals surface area contributed by atoms with Crippen molar-refractivity contribution in [3.63, 3.8) is 0 Å². The summed E-state index contributed by atoms with van der Waals surface area (Å²) in [5, 5.41) is 4.15. The van der Waals surface area contributed by atoms with Crippen molar-refractivity contribution in [3.8, 4) is 11.5 Å². The minimum Gasteiger partial charge on any atom is -0.308 e. The van der Waals surface area contributed by atoms with E-state index in [0.717, 1.165) is 12.2 Å². The lowest BCUT2D eigenvalue weighted by molar-refractivity contribution is 0.664. The fourth-order valence-electron chi connectivity index (χ4n) is 1.34. The lowest BCUT2D eigenvalue weighted by Crippen LogP contribution is -2.10. The second-order valence-electron chi connectivity index (χ2n) is 2.94. The lowest BCUT2D eigenvalue weighted by Gasteiger charge is -2.04. The van der Waals surface area contributed by atoms with Gasteiger partial charge in [-0.2, -0.15) is 5.10 Å². The fourth-order valence-corrected chi connectivity index (χ4v) is 1.34. The number of aryl methyl sites for hydroxylation is 1. The molecule has 6 heteroatoms. The molecule has 0 fully saturated rings. The highest BCUT2D eigenvalue weighted by Gasteiger charge is 2.07. The normalized spacial score (nSPS) is 10.3. The van der Waals surface area contributed by atoms with E-state index in [1.165, 1.54) is 0 Å². The second-order valence-corrected chi connectivity index (χ2v) is 2.94. The van der Waals surface area contributed by atoms with Gasteiger partial charge in [0.1, 0.15) is 11.5 Å². The number of nitrogens with one attached hydrogen (secondary N) is 1. The first-order valence-corrected chi connectivity index (χ1v) is 4.67. The molecule has 0 unspecified atom stereocenters. The molecule has 3 N–H and O–H groups in total. The molecule has 6 nitrogen and oxygen atoms in total. The molecule has 0 aliphatic rings. The van der Waals surface area contributed by atoms with Crippen LogP contribution in [-0.2, 0) is 6.54 Å². The van der Waals surface area contributed by atoms with Gasteiger partial charge in [0.15, 0.2) is 5.82 Å². The number of nitrogens with zero attached hydrogens (tertiary/aromatic N) is 4. The van der Waals surface area contributed by atoms with Gasteiger partial charge in [-0.15, -0.1) is 0 Å². The van der Waals surface area contributed by atoms with Crippen LogP contribution >= 0.6 is 0 Å². The quantitative estimate of drug-likeness (QED) is 0.566. The Kier molecular flexibility index (Phi) is 2.59. The summed E-state index contributed by atoms with van der Waals surface area (Å²) < 4.78 is 1.83. The van der Waals surface area contributed by atoms with Gasteiger partial charge in [-0.05, 0) is 13.0 Å². The maximum absolute atomic E-state index is 5.28. The lowest BCUT2D eigenvalue weighted by atomic mass is 10.4. The number of rotatable bonds is 3. The van der Waals surface area contributed by atoms with Crippen LogP contribution in [0.1, 0.15) is 6.92 Å². The van der Waals surface area contributed by atoms with Crippen LogP contribution in [0.15, 0.2) is 24.5 Å². The third kappa shape index (κ3) is 1.79. The molecule has 0 aliphatic carbocycles. The highest BCUT2D eigenvalue weighted by atomic mass is 15.3. The largest absolute Gasteiger partial charge is 0.308 e. The highest BCUT2D eigenvalue weighted by molar-refractivity contribution is 5.51. The molecule has 0 aromatic carbocycles. The molecule has 0 saturated carbocycles. The zero-order valence-corrected chi connectivity index (χ0v) is 8.38. The summed E-state index contributed by atoms with van der Waals surface area (Å²) in [5.74, 6) is 6.48. The SMILES string of the molecule is CCn1nccc1-c1nccc(NN)n1. The van der Waals surface area contributed by atoms with E-state index in [4.69, 9.17) is 5.84 Å². The predicted molar refractivity (Wildman–Crippen MR) is 56.7 cm³/mol. The van der Waals surface area contributed by atoms with Crippen molar-refractivity contribution in [1.82, 2.24) is 19.7 Å². The summed E-state index contributed by atoms with van der Waals surface area (Å²) in [6.45, 7) is 2.80. The average molecular weight is 204 g/mol. The van der Waals surface area contributed by atoms with Crippen LogP contribution in [0.2, 0.25) is 0 Å². The van der Waals surface area contributed by atoms with Gasteiger partial charge in [0, 0.05) is 25.0 Å². The van der Waals surface area contributed by atoms with Crippen molar-refractivity contribution in [2.75, 3.05) is 5.43 Å². The van der Waals surface area contributed by atoms with Gasteiger partial charge in [-0.3, -0.25) is 4.68 Å². The van der Waals surface area contributed by atoms with Gasteiger partial charge in [-0.1, -0.05) is 0 Å². The molecule has 0 saturated heterocycles. The molecule has 2 rings (SSSR count). The smallest absolute Gasteiger partial charge is 0.179 e. The number of anilines is 1. The first kappa shape index (κ1) is 9.60. The van der Waals surface area contributed by atoms with Crippen LogP contribution in [0.25, 0.3) is 11.5 Å². The maximum atomic E-state index is 5.28. The zero-order valence-electron chi connectivity index (χ0n) is 8.38. The minimum atomic E-state index is 0.587. The molecule has 0 radical (unpaired) electrons. The van der Waals surface area contributed by atoms with Crippen molar-refractivity contribution in [2.24, 2.45) is 5.84 Å². The predicted octanol–water partition coefficient (Wildman–Crippen LogP) is 0.646. The van der Waals surface area contributed by atoms with E-state index >= 15 is 0 Å². The number of aromatic nitrogens is 4. The molecule has 0 atom stereocenters. The van der Waals surface area contributed by atoms with Crippen LogP contribution in [-0.4, -0.2) is 19.7 Å². The molecule has 2 aromatic heterocycles. The van der Waals surface area contributed by atoms with Gasteiger partial charge < -0.3 is 5.43 Å². The summed E-state index contributed by atoms with van der Waals surface area (Å²) in [7, 11) is 0. The molecule has 15 heavy (non-hydrogen) atoms. The third-order valence-electron chi connectivity index (χ3n) is 2.05. The Labute approximate surface area is 87.1 Å². The number of nitrogens with two attached hydrogens (primary N) is 1. The minimum absolute atomic E-state index is 0.587. The molecule has 0 spiro atoms. The van der Waals surface area contributed by atoms with Crippen LogP contribution in [0.5, 0.6) is 0 Å². The Balaban J connectivity index is 2.44. The first-order valence-electron chi connectivity index (χ1n) is 4.67. The number of hydrogen-bond acceptors (Lipinski definition) is 5. The Morgan fingerprint density at radius 3 is 3.00 bits per heavy atom. The summed E-state index contributed by atoms with van der Waals surface area (Å²) in [6.07, 6.45) is 3.38. The van der Waals surface area contributed by atoms with Gasteiger partial charge in [0.25, 0.3) is 0 Å². The van der Waals surface area contributed by atoms with Crippen LogP contribution < -0.4 is 11.3 Å². The van der Waals surface area contributed by atoms with E-state index in [9.17, 15) is 0 Å². The van der Waals surface area contributed by atoms with E-state index < -0.39 is 0 Å². The Morgan fingerprint density at radius 1 is 1.40 bits per heavy atom. The summed E-state index contributed by atoms with van der Waals surface area (Å²) in [4.78, 5) is 8.41. The number of hydrogen-bond donors (Lipinski definition) is 2. The fraction of sp³-hybridized carbons (Fsp3) is 0.222. The zero-order chi connectivity index (χ0) is 10.7. The van der Waals surface area contributed by atoms with Crippen LogP contribution in [0.4, 0.5) is 5.82 Å². The first-order chi connectivity index (χ1) is 7.35.